The fourth-order valence-electron chi connectivity index (χ4n) is 1.17. The standard InChI is InChI=1S/C9H7IN2O/c1-13-9-7-4-6(10)2-3-8(7)11-5-12-9/h2-5H,1H3. The summed E-state index contributed by atoms with van der Waals surface area (Å²) in [5.41, 5.74) is 0.910. The number of hydrogen-bond donors (Lipinski definition) is 0. The number of fused-ring (bicyclic) bond motifs is 1. The predicted molar refractivity (Wildman–Crippen MR) is 58.8 cm³/mol. The molecule has 0 bridgehead atoms. The molecule has 0 unspecified atom stereocenters. The molecule has 0 saturated heterocycles. The number of ether oxygens (including phenoxy) is 1. The third-order valence-electron chi connectivity index (χ3n) is 1.75. The van der Waals surface area contributed by atoms with Crippen molar-refractivity contribution in [3.63, 3.8) is 0 Å². The van der Waals surface area contributed by atoms with E-state index in [4.69, 9.17) is 4.74 Å². The van der Waals surface area contributed by atoms with Gasteiger partial charge in [-0.2, -0.15) is 0 Å². The second kappa shape index (κ2) is 3.45. The molecule has 0 spiro atoms. The molecule has 1 heterocycles. The Morgan fingerprint density at radius 3 is 2.92 bits per heavy atom. The van der Waals surface area contributed by atoms with Gasteiger partial charge in [-0.05, 0) is 40.8 Å². The molecule has 4 heteroatoms. The van der Waals surface area contributed by atoms with E-state index in [9.17, 15) is 0 Å². The van der Waals surface area contributed by atoms with Crippen molar-refractivity contribution in [2.45, 2.75) is 0 Å². The highest BCUT2D eigenvalue weighted by molar-refractivity contribution is 14.1. The van der Waals surface area contributed by atoms with Crippen molar-refractivity contribution in [1.29, 1.82) is 0 Å². The van der Waals surface area contributed by atoms with Gasteiger partial charge in [-0.15, -0.1) is 0 Å². The molecule has 0 aliphatic rings. The predicted octanol–water partition coefficient (Wildman–Crippen LogP) is 2.24. The molecule has 0 fully saturated rings. The summed E-state index contributed by atoms with van der Waals surface area (Å²) in [6.07, 6.45) is 1.51. The Kier molecular flexibility index (Phi) is 2.30. The lowest BCUT2D eigenvalue weighted by molar-refractivity contribution is 0.402. The summed E-state index contributed by atoms with van der Waals surface area (Å²) in [4.78, 5) is 8.17. The van der Waals surface area contributed by atoms with Crippen LogP contribution in [0.25, 0.3) is 10.9 Å². The van der Waals surface area contributed by atoms with Crippen LogP contribution in [0.4, 0.5) is 0 Å². The van der Waals surface area contributed by atoms with Crippen molar-refractivity contribution in [3.8, 4) is 5.88 Å². The summed E-state index contributed by atoms with van der Waals surface area (Å²) < 4.78 is 6.28. The first-order valence-electron chi connectivity index (χ1n) is 3.75. The van der Waals surface area contributed by atoms with E-state index in [1.54, 1.807) is 7.11 Å². The van der Waals surface area contributed by atoms with Crippen LogP contribution in [0.15, 0.2) is 24.5 Å². The summed E-state index contributed by atoms with van der Waals surface area (Å²) in [6, 6.07) is 5.98. The normalized spacial score (nSPS) is 10.3. The van der Waals surface area contributed by atoms with Crippen LogP contribution >= 0.6 is 22.6 Å². The van der Waals surface area contributed by atoms with Crippen LogP contribution in [0.1, 0.15) is 0 Å². The summed E-state index contributed by atoms with van der Waals surface area (Å²) in [6.45, 7) is 0. The molecule has 0 radical (unpaired) electrons. The van der Waals surface area contributed by atoms with Gasteiger partial charge in [0.15, 0.2) is 0 Å². The summed E-state index contributed by atoms with van der Waals surface area (Å²) >= 11 is 2.25. The van der Waals surface area contributed by atoms with Crippen LogP contribution in [0.2, 0.25) is 0 Å². The van der Waals surface area contributed by atoms with E-state index < -0.39 is 0 Å². The zero-order valence-corrected chi connectivity index (χ0v) is 9.15. The maximum atomic E-state index is 5.13. The largest absolute Gasteiger partial charge is 0.480 e. The quantitative estimate of drug-likeness (QED) is 0.754. The molecule has 0 atom stereocenters. The van der Waals surface area contributed by atoms with E-state index >= 15 is 0 Å². The summed E-state index contributed by atoms with van der Waals surface area (Å²) in [5.74, 6) is 0.628. The van der Waals surface area contributed by atoms with Gasteiger partial charge in [-0.3, -0.25) is 0 Å². The third-order valence-corrected chi connectivity index (χ3v) is 2.43. The minimum absolute atomic E-state index is 0.628. The number of nitrogens with zero attached hydrogens (tertiary/aromatic N) is 2. The first-order chi connectivity index (χ1) is 6.31. The molecule has 0 saturated carbocycles. The third kappa shape index (κ3) is 1.58. The molecule has 1 aromatic heterocycles. The molecule has 0 N–H and O–H groups in total. The van der Waals surface area contributed by atoms with E-state index in [-0.39, 0.29) is 0 Å². The van der Waals surface area contributed by atoms with Gasteiger partial charge in [0.1, 0.15) is 6.33 Å². The average Bonchev–Trinajstić information content (AvgIpc) is 2.17. The molecule has 0 aliphatic heterocycles. The SMILES string of the molecule is COc1ncnc2ccc(I)cc12. The minimum atomic E-state index is 0.628. The van der Waals surface area contributed by atoms with E-state index in [1.807, 2.05) is 18.2 Å². The maximum absolute atomic E-state index is 5.13. The fraction of sp³-hybridized carbons (Fsp3) is 0.111. The van der Waals surface area contributed by atoms with Crippen LogP contribution in [-0.4, -0.2) is 17.1 Å². The maximum Gasteiger partial charge on any atom is 0.224 e. The Morgan fingerprint density at radius 2 is 2.15 bits per heavy atom. The molecule has 3 nitrogen and oxygen atoms in total. The van der Waals surface area contributed by atoms with Gasteiger partial charge in [-0.25, -0.2) is 9.97 Å². The number of benzene rings is 1. The summed E-state index contributed by atoms with van der Waals surface area (Å²) in [5, 5.41) is 0.955. The summed E-state index contributed by atoms with van der Waals surface area (Å²) in [7, 11) is 1.61. The van der Waals surface area contributed by atoms with E-state index in [1.165, 1.54) is 6.33 Å². The van der Waals surface area contributed by atoms with Gasteiger partial charge >= 0.3 is 0 Å². The molecule has 2 rings (SSSR count). The van der Waals surface area contributed by atoms with Crippen LogP contribution in [0, 0.1) is 3.57 Å². The number of rotatable bonds is 1. The highest BCUT2D eigenvalue weighted by Gasteiger charge is 2.02. The first-order valence-corrected chi connectivity index (χ1v) is 4.83. The molecular formula is C9H7IN2O. The molecule has 13 heavy (non-hydrogen) atoms. The monoisotopic (exact) mass is 286 g/mol. The van der Waals surface area contributed by atoms with Gasteiger partial charge < -0.3 is 4.74 Å². The van der Waals surface area contributed by atoms with Crippen molar-refractivity contribution in [2.24, 2.45) is 0 Å². The molecular weight excluding hydrogens is 279 g/mol. The minimum Gasteiger partial charge on any atom is -0.480 e. The first kappa shape index (κ1) is 8.68. The van der Waals surface area contributed by atoms with E-state index in [0.717, 1.165) is 14.5 Å². The Hall–Kier alpha value is -0.910. The topological polar surface area (TPSA) is 35.0 Å². The second-order valence-electron chi connectivity index (χ2n) is 2.54. The molecule has 66 valence electrons. The molecule has 2 aromatic rings. The number of aromatic nitrogens is 2. The average molecular weight is 286 g/mol. The van der Waals surface area contributed by atoms with Gasteiger partial charge in [0.25, 0.3) is 0 Å². The lowest BCUT2D eigenvalue weighted by Gasteiger charge is -2.02. The van der Waals surface area contributed by atoms with Crippen molar-refractivity contribution in [3.05, 3.63) is 28.1 Å². The molecule has 0 amide bonds. The van der Waals surface area contributed by atoms with Crippen LogP contribution in [0.3, 0.4) is 0 Å². The van der Waals surface area contributed by atoms with Crippen molar-refractivity contribution < 1.29 is 4.74 Å². The Bertz CT molecular complexity index is 445. The van der Waals surface area contributed by atoms with Crippen molar-refractivity contribution in [2.75, 3.05) is 7.11 Å². The Morgan fingerprint density at radius 1 is 1.31 bits per heavy atom. The van der Waals surface area contributed by atoms with Crippen molar-refractivity contribution in [1.82, 2.24) is 9.97 Å². The lowest BCUT2D eigenvalue weighted by Crippen LogP contribution is -1.90. The van der Waals surface area contributed by atoms with Gasteiger partial charge in [0, 0.05) is 3.57 Å². The van der Waals surface area contributed by atoms with E-state index in [2.05, 4.69) is 32.6 Å². The number of methoxy groups -OCH3 is 1. The zero-order chi connectivity index (χ0) is 9.26. The lowest BCUT2D eigenvalue weighted by atomic mass is 10.2. The highest BCUT2D eigenvalue weighted by atomic mass is 127. The Balaban J connectivity index is 2.79. The number of hydrogen-bond acceptors (Lipinski definition) is 3. The smallest absolute Gasteiger partial charge is 0.224 e. The van der Waals surface area contributed by atoms with Crippen LogP contribution in [-0.2, 0) is 0 Å². The van der Waals surface area contributed by atoms with Crippen LogP contribution in [0.5, 0.6) is 5.88 Å². The number of halogens is 1. The molecule has 0 aliphatic carbocycles. The van der Waals surface area contributed by atoms with Gasteiger partial charge in [0.05, 0.1) is 18.0 Å². The van der Waals surface area contributed by atoms with E-state index in [0.29, 0.717) is 5.88 Å². The van der Waals surface area contributed by atoms with Gasteiger partial charge in [-0.1, -0.05) is 0 Å². The van der Waals surface area contributed by atoms with Crippen molar-refractivity contribution >= 4 is 33.5 Å². The zero-order valence-electron chi connectivity index (χ0n) is 6.99. The highest BCUT2D eigenvalue weighted by Crippen LogP contribution is 2.22. The Labute approximate surface area is 89.3 Å². The fourth-order valence-corrected chi connectivity index (χ4v) is 1.66. The molecule has 1 aromatic carbocycles. The second-order valence-corrected chi connectivity index (χ2v) is 3.79. The van der Waals surface area contributed by atoms with Gasteiger partial charge in [0.2, 0.25) is 5.88 Å². The van der Waals surface area contributed by atoms with Crippen LogP contribution < -0.4 is 4.74 Å².